The van der Waals surface area contributed by atoms with Gasteiger partial charge in [-0.05, 0) is 11.1 Å². The van der Waals surface area contributed by atoms with Crippen molar-refractivity contribution in [2.24, 2.45) is 0 Å². The van der Waals surface area contributed by atoms with E-state index in [0.29, 0.717) is 6.61 Å². The van der Waals surface area contributed by atoms with Gasteiger partial charge in [-0.2, -0.15) is 18.7 Å². The highest BCUT2D eigenvalue weighted by Crippen LogP contribution is 2.14. The van der Waals surface area contributed by atoms with Gasteiger partial charge in [-0.3, -0.25) is 4.84 Å². The van der Waals surface area contributed by atoms with E-state index < -0.39 is 12.8 Å². The standard InChI is InChI=1S/C11H14F3NO2/c1-16-7-10-5-3-2-4-9(10)6-15-17-8-11(12,13)14/h2-5,15H,6-8H2,1H3. The summed E-state index contributed by atoms with van der Waals surface area (Å²) in [6, 6.07) is 7.30. The highest BCUT2D eigenvalue weighted by atomic mass is 19.4. The average molecular weight is 249 g/mol. The largest absolute Gasteiger partial charge is 0.413 e. The van der Waals surface area contributed by atoms with Crippen LogP contribution in [0.1, 0.15) is 11.1 Å². The van der Waals surface area contributed by atoms with Crippen LogP contribution in [-0.2, 0) is 22.7 Å². The molecule has 1 N–H and O–H groups in total. The third-order valence-electron chi connectivity index (χ3n) is 2.02. The van der Waals surface area contributed by atoms with Gasteiger partial charge in [0, 0.05) is 13.7 Å². The number of hydrogen-bond donors (Lipinski definition) is 1. The summed E-state index contributed by atoms with van der Waals surface area (Å²) in [5.41, 5.74) is 4.04. The lowest BCUT2D eigenvalue weighted by Crippen LogP contribution is -2.24. The van der Waals surface area contributed by atoms with E-state index in [1.54, 1.807) is 19.2 Å². The first kappa shape index (κ1) is 14.0. The molecule has 6 heteroatoms. The van der Waals surface area contributed by atoms with Crippen molar-refractivity contribution >= 4 is 0 Å². The highest BCUT2D eigenvalue weighted by Gasteiger charge is 2.27. The first-order chi connectivity index (χ1) is 8.03. The van der Waals surface area contributed by atoms with Crippen LogP contribution in [0.2, 0.25) is 0 Å². The van der Waals surface area contributed by atoms with Crippen LogP contribution in [-0.4, -0.2) is 19.9 Å². The minimum Gasteiger partial charge on any atom is -0.380 e. The number of alkyl halides is 3. The maximum absolute atomic E-state index is 11.8. The van der Waals surface area contributed by atoms with Crippen molar-refractivity contribution < 1.29 is 22.7 Å². The minimum absolute atomic E-state index is 0.204. The van der Waals surface area contributed by atoms with Crippen molar-refractivity contribution in [3.8, 4) is 0 Å². The summed E-state index contributed by atoms with van der Waals surface area (Å²) >= 11 is 0. The molecule has 0 aliphatic heterocycles. The molecule has 0 saturated heterocycles. The highest BCUT2D eigenvalue weighted by molar-refractivity contribution is 5.26. The molecule has 0 saturated carbocycles. The van der Waals surface area contributed by atoms with E-state index in [1.807, 2.05) is 12.1 Å². The number of rotatable bonds is 6. The number of methoxy groups -OCH3 is 1. The van der Waals surface area contributed by atoms with Crippen molar-refractivity contribution in [3.63, 3.8) is 0 Å². The van der Waals surface area contributed by atoms with Crippen LogP contribution in [0.5, 0.6) is 0 Å². The number of benzene rings is 1. The van der Waals surface area contributed by atoms with Crippen molar-refractivity contribution in [2.45, 2.75) is 19.3 Å². The van der Waals surface area contributed by atoms with Gasteiger partial charge in [0.1, 0.15) is 0 Å². The molecule has 0 spiro atoms. The fraction of sp³-hybridized carbons (Fsp3) is 0.455. The van der Waals surface area contributed by atoms with Crippen molar-refractivity contribution in [1.82, 2.24) is 5.48 Å². The Hall–Kier alpha value is -1.11. The molecule has 0 bridgehead atoms. The summed E-state index contributed by atoms with van der Waals surface area (Å²) < 4.78 is 40.4. The minimum atomic E-state index is -4.32. The van der Waals surface area contributed by atoms with Gasteiger partial charge in [-0.15, -0.1) is 0 Å². The van der Waals surface area contributed by atoms with Crippen LogP contribution >= 0.6 is 0 Å². The van der Waals surface area contributed by atoms with Gasteiger partial charge in [-0.1, -0.05) is 24.3 Å². The van der Waals surface area contributed by atoms with E-state index in [-0.39, 0.29) is 6.54 Å². The molecule has 0 radical (unpaired) electrons. The van der Waals surface area contributed by atoms with E-state index in [9.17, 15) is 13.2 Å². The molecular formula is C11H14F3NO2. The maximum Gasteiger partial charge on any atom is 0.413 e. The summed E-state index contributed by atoms with van der Waals surface area (Å²) in [4.78, 5) is 4.32. The Labute approximate surface area is 97.5 Å². The average Bonchev–Trinajstić information content (AvgIpc) is 2.25. The zero-order chi connectivity index (χ0) is 12.7. The lowest BCUT2D eigenvalue weighted by atomic mass is 10.1. The zero-order valence-corrected chi connectivity index (χ0v) is 9.38. The molecular weight excluding hydrogens is 235 g/mol. The SMILES string of the molecule is COCc1ccccc1CNOCC(F)(F)F. The van der Waals surface area contributed by atoms with Crippen LogP contribution in [0, 0.1) is 0 Å². The Balaban J connectivity index is 2.41. The summed E-state index contributed by atoms with van der Waals surface area (Å²) in [5, 5.41) is 0. The van der Waals surface area contributed by atoms with E-state index in [1.165, 1.54) is 0 Å². The monoisotopic (exact) mass is 249 g/mol. The lowest BCUT2D eigenvalue weighted by molar-refractivity contribution is -0.190. The van der Waals surface area contributed by atoms with Crippen molar-refractivity contribution in [1.29, 1.82) is 0 Å². The topological polar surface area (TPSA) is 30.5 Å². The molecule has 1 aromatic rings. The molecule has 0 unspecified atom stereocenters. The van der Waals surface area contributed by atoms with Gasteiger partial charge in [0.25, 0.3) is 0 Å². The fourth-order valence-corrected chi connectivity index (χ4v) is 1.29. The Morgan fingerprint density at radius 2 is 1.82 bits per heavy atom. The third kappa shape index (κ3) is 5.67. The normalized spacial score (nSPS) is 11.8. The van der Waals surface area contributed by atoms with Crippen LogP contribution in [0.15, 0.2) is 24.3 Å². The predicted octanol–water partition coefficient (Wildman–Crippen LogP) is 2.42. The number of nitrogens with one attached hydrogen (secondary N) is 1. The second-order valence-corrected chi connectivity index (χ2v) is 3.43. The number of ether oxygens (including phenoxy) is 1. The van der Waals surface area contributed by atoms with Gasteiger partial charge in [-0.25, -0.2) is 0 Å². The molecule has 0 fully saturated rings. The molecule has 1 rings (SSSR count). The van der Waals surface area contributed by atoms with Crippen molar-refractivity contribution in [2.75, 3.05) is 13.7 Å². The van der Waals surface area contributed by atoms with Crippen molar-refractivity contribution in [3.05, 3.63) is 35.4 Å². The summed E-state index contributed by atoms with van der Waals surface area (Å²) in [7, 11) is 1.56. The van der Waals surface area contributed by atoms with Crippen LogP contribution in [0.3, 0.4) is 0 Å². The van der Waals surface area contributed by atoms with Gasteiger partial charge in [0.15, 0.2) is 6.61 Å². The molecule has 3 nitrogen and oxygen atoms in total. The predicted molar refractivity (Wildman–Crippen MR) is 56.0 cm³/mol. The Bertz CT molecular complexity index is 342. The quantitative estimate of drug-likeness (QED) is 0.620. The first-order valence-corrected chi connectivity index (χ1v) is 5.00. The van der Waals surface area contributed by atoms with Crippen LogP contribution in [0.25, 0.3) is 0 Å². The molecule has 0 aliphatic carbocycles. The Morgan fingerprint density at radius 1 is 1.18 bits per heavy atom. The van der Waals surface area contributed by atoms with Gasteiger partial charge in [0.2, 0.25) is 0 Å². The van der Waals surface area contributed by atoms with E-state index in [0.717, 1.165) is 11.1 Å². The van der Waals surface area contributed by atoms with Gasteiger partial charge < -0.3 is 4.74 Å². The second kappa shape index (κ2) is 6.58. The lowest BCUT2D eigenvalue weighted by Gasteiger charge is -2.11. The van der Waals surface area contributed by atoms with E-state index in [2.05, 4.69) is 10.3 Å². The number of hydroxylamine groups is 1. The molecule has 1 aromatic carbocycles. The Kier molecular flexibility index (Phi) is 5.40. The van der Waals surface area contributed by atoms with Crippen LogP contribution < -0.4 is 5.48 Å². The molecule has 0 atom stereocenters. The number of hydrogen-bond acceptors (Lipinski definition) is 3. The zero-order valence-electron chi connectivity index (χ0n) is 9.38. The molecule has 17 heavy (non-hydrogen) atoms. The fourth-order valence-electron chi connectivity index (χ4n) is 1.29. The van der Waals surface area contributed by atoms with E-state index >= 15 is 0 Å². The molecule has 0 heterocycles. The number of halogens is 3. The van der Waals surface area contributed by atoms with Gasteiger partial charge in [0.05, 0.1) is 6.61 Å². The molecule has 96 valence electrons. The van der Waals surface area contributed by atoms with Crippen LogP contribution in [0.4, 0.5) is 13.2 Å². The summed E-state index contributed by atoms with van der Waals surface area (Å²) in [6.45, 7) is -0.688. The summed E-state index contributed by atoms with van der Waals surface area (Å²) in [5.74, 6) is 0. The molecule has 0 aromatic heterocycles. The second-order valence-electron chi connectivity index (χ2n) is 3.43. The van der Waals surface area contributed by atoms with Gasteiger partial charge >= 0.3 is 6.18 Å². The molecule has 0 aliphatic rings. The maximum atomic E-state index is 11.8. The summed E-state index contributed by atoms with van der Waals surface area (Å²) in [6.07, 6.45) is -4.32. The first-order valence-electron chi connectivity index (χ1n) is 5.00. The third-order valence-corrected chi connectivity index (χ3v) is 2.02. The molecule has 0 amide bonds. The smallest absolute Gasteiger partial charge is 0.380 e. The van der Waals surface area contributed by atoms with E-state index in [4.69, 9.17) is 4.74 Å². The Morgan fingerprint density at radius 3 is 2.41 bits per heavy atom.